The summed E-state index contributed by atoms with van der Waals surface area (Å²) >= 11 is 0. The maximum Gasteiger partial charge on any atom is 0.573 e. The molecule has 2 aliphatic carbocycles. The standard InChI is InChI=1S/C28H31F7O/c29-14-4-5-18-6-9-20(10-7-18)27(12-2-1-3-13-27)21-16-23(31)26(24(32)17-21)19-8-11-25(22(30)15-19)36-28(33,34)35/h8,11,15-18,20H,1-7,9-10,12-14H2. The van der Waals surface area contributed by atoms with Crippen molar-refractivity contribution in [3.63, 3.8) is 0 Å². The third-order valence-electron chi connectivity index (χ3n) is 8.18. The molecule has 8 heteroatoms. The molecular weight excluding hydrogens is 485 g/mol. The lowest BCUT2D eigenvalue weighted by Crippen LogP contribution is -2.39. The first-order valence-electron chi connectivity index (χ1n) is 12.7. The predicted molar refractivity (Wildman–Crippen MR) is 124 cm³/mol. The fourth-order valence-electron chi connectivity index (χ4n) is 6.49. The highest BCUT2D eigenvalue weighted by molar-refractivity contribution is 5.66. The number of hydrogen-bond donors (Lipinski definition) is 0. The van der Waals surface area contributed by atoms with Crippen molar-refractivity contribution >= 4 is 0 Å². The number of hydrogen-bond acceptors (Lipinski definition) is 1. The minimum absolute atomic E-state index is 0.199. The van der Waals surface area contributed by atoms with Crippen molar-refractivity contribution in [2.45, 2.75) is 82.4 Å². The van der Waals surface area contributed by atoms with Gasteiger partial charge in [-0.2, -0.15) is 0 Å². The molecule has 2 aliphatic rings. The van der Waals surface area contributed by atoms with Crippen molar-refractivity contribution in [1.29, 1.82) is 0 Å². The summed E-state index contributed by atoms with van der Waals surface area (Å²) < 4.78 is 98.5. The van der Waals surface area contributed by atoms with E-state index in [1.807, 2.05) is 0 Å². The van der Waals surface area contributed by atoms with Gasteiger partial charge in [-0.3, -0.25) is 4.39 Å². The Morgan fingerprint density at radius 3 is 2.03 bits per heavy atom. The van der Waals surface area contributed by atoms with Crippen LogP contribution in [0.5, 0.6) is 5.75 Å². The van der Waals surface area contributed by atoms with Crippen LogP contribution in [0.1, 0.15) is 76.2 Å². The van der Waals surface area contributed by atoms with E-state index in [-0.39, 0.29) is 23.6 Å². The molecule has 2 fully saturated rings. The van der Waals surface area contributed by atoms with Crippen LogP contribution >= 0.6 is 0 Å². The largest absolute Gasteiger partial charge is 0.573 e. The number of rotatable bonds is 7. The topological polar surface area (TPSA) is 9.23 Å². The molecule has 0 N–H and O–H groups in total. The van der Waals surface area contributed by atoms with Crippen LogP contribution in [0.3, 0.4) is 0 Å². The second kappa shape index (κ2) is 11.0. The molecule has 0 heterocycles. The zero-order valence-corrected chi connectivity index (χ0v) is 20.1. The third kappa shape index (κ3) is 5.83. The fourth-order valence-corrected chi connectivity index (χ4v) is 6.49. The number of halogens is 7. The van der Waals surface area contributed by atoms with E-state index in [2.05, 4.69) is 4.74 Å². The molecule has 0 spiro atoms. The predicted octanol–water partition coefficient (Wildman–Crippen LogP) is 9.43. The Balaban J connectivity index is 1.63. The molecule has 0 aliphatic heterocycles. The monoisotopic (exact) mass is 516 g/mol. The lowest BCUT2D eigenvalue weighted by atomic mass is 9.57. The highest BCUT2D eigenvalue weighted by Crippen LogP contribution is 2.52. The van der Waals surface area contributed by atoms with E-state index in [0.717, 1.165) is 76.3 Å². The summed E-state index contributed by atoms with van der Waals surface area (Å²) in [6.07, 6.45) is 4.90. The molecule has 2 aromatic carbocycles. The number of benzene rings is 2. The van der Waals surface area contributed by atoms with Crippen molar-refractivity contribution in [3.05, 3.63) is 53.3 Å². The van der Waals surface area contributed by atoms with Gasteiger partial charge in [-0.1, -0.05) is 38.2 Å². The van der Waals surface area contributed by atoms with Gasteiger partial charge >= 0.3 is 6.36 Å². The van der Waals surface area contributed by atoms with E-state index >= 15 is 8.78 Å². The Morgan fingerprint density at radius 1 is 0.833 bits per heavy atom. The van der Waals surface area contributed by atoms with E-state index in [1.165, 1.54) is 12.1 Å². The zero-order valence-electron chi connectivity index (χ0n) is 20.1. The minimum atomic E-state index is -5.08. The molecule has 0 atom stereocenters. The van der Waals surface area contributed by atoms with Gasteiger partial charge in [-0.25, -0.2) is 13.2 Å². The Kier molecular flexibility index (Phi) is 8.20. The van der Waals surface area contributed by atoms with Crippen LogP contribution in [-0.4, -0.2) is 13.0 Å². The van der Waals surface area contributed by atoms with Crippen LogP contribution < -0.4 is 4.74 Å². The molecule has 0 radical (unpaired) electrons. The second-order valence-corrected chi connectivity index (χ2v) is 10.3. The molecule has 0 amide bonds. The summed E-state index contributed by atoms with van der Waals surface area (Å²) in [5.74, 6) is -3.38. The first-order chi connectivity index (χ1) is 17.1. The molecule has 2 aromatic rings. The normalized spacial score (nSPS) is 22.4. The van der Waals surface area contributed by atoms with Gasteiger partial charge in [0.05, 0.1) is 12.2 Å². The van der Waals surface area contributed by atoms with Gasteiger partial charge in [-0.15, -0.1) is 13.2 Å². The molecule has 0 bridgehead atoms. The lowest BCUT2D eigenvalue weighted by Gasteiger charge is -2.47. The molecule has 0 unspecified atom stereocenters. The Labute approximate surface area is 207 Å². The van der Waals surface area contributed by atoms with Crippen molar-refractivity contribution < 1.29 is 35.5 Å². The third-order valence-corrected chi connectivity index (χ3v) is 8.18. The van der Waals surface area contributed by atoms with Crippen molar-refractivity contribution in [2.24, 2.45) is 11.8 Å². The van der Waals surface area contributed by atoms with Crippen molar-refractivity contribution in [1.82, 2.24) is 0 Å². The summed E-state index contributed by atoms with van der Waals surface area (Å²) in [7, 11) is 0. The van der Waals surface area contributed by atoms with Crippen molar-refractivity contribution in [2.75, 3.05) is 6.67 Å². The van der Waals surface area contributed by atoms with Crippen LogP contribution in [0.2, 0.25) is 0 Å². The average Bonchev–Trinajstić information content (AvgIpc) is 2.84. The smallest absolute Gasteiger partial charge is 0.403 e. The summed E-state index contributed by atoms with van der Waals surface area (Å²) in [5, 5.41) is 0. The molecular formula is C28H31F7O. The number of ether oxygens (including phenoxy) is 1. The minimum Gasteiger partial charge on any atom is -0.403 e. The summed E-state index contributed by atoms with van der Waals surface area (Å²) in [6, 6.07) is 5.04. The lowest BCUT2D eigenvalue weighted by molar-refractivity contribution is -0.275. The van der Waals surface area contributed by atoms with Gasteiger partial charge in [-0.05, 0) is 91.2 Å². The van der Waals surface area contributed by atoms with Crippen molar-refractivity contribution in [3.8, 4) is 16.9 Å². The van der Waals surface area contributed by atoms with E-state index in [1.54, 1.807) is 0 Å². The van der Waals surface area contributed by atoms with E-state index in [4.69, 9.17) is 0 Å². The van der Waals surface area contributed by atoms with E-state index in [0.29, 0.717) is 24.0 Å². The fraction of sp³-hybridized carbons (Fsp3) is 0.571. The molecule has 36 heavy (non-hydrogen) atoms. The molecule has 1 nitrogen and oxygen atoms in total. The molecule has 0 saturated heterocycles. The molecule has 0 aromatic heterocycles. The van der Waals surface area contributed by atoms with Crippen LogP contribution in [0.25, 0.3) is 11.1 Å². The Bertz CT molecular complexity index is 1010. The van der Waals surface area contributed by atoms with Gasteiger partial charge in [0.2, 0.25) is 0 Å². The summed E-state index contributed by atoms with van der Waals surface area (Å²) in [4.78, 5) is 0. The number of alkyl halides is 4. The van der Waals surface area contributed by atoms with Gasteiger partial charge in [0, 0.05) is 0 Å². The first-order valence-corrected chi connectivity index (χ1v) is 12.7. The van der Waals surface area contributed by atoms with Crippen LogP contribution in [-0.2, 0) is 5.41 Å². The Morgan fingerprint density at radius 2 is 1.47 bits per heavy atom. The quantitative estimate of drug-likeness (QED) is 0.333. The van der Waals surface area contributed by atoms with Crippen LogP contribution in [0.15, 0.2) is 30.3 Å². The first kappa shape index (κ1) is 26.8. The van der Waals surface area contributed by atoms with E-state index in [9.17, 15) is 22.0 Å². The Hall–Kier alpha value is -2.25. The average molecular weight is 517 g/mol. The van der Waals surface area contributed by atoms with Crippen LogP contribution in [0, 0.1) is 29.3 Å². The van der Waals surface area contributed by atoms with Gasteiger partial charge in [0.25, 0.3) is 0 Å². The second-order valence-electron chi connectivity index (χ2n) is 10.3. The van der Waals surface area contributed by atoms with Crippen LogP contribution in [0.4, 0.5) is 30.7 Å². The molecule has 4 rings (SSSR count). The summed E-state index contributed by atoms with van der Waals surface area (Å²) in [6.45, 7) is -0.309. The van der Waals surface area contributed by atoms with Gasteiger partial charge in [0.1, 0.15) is 11.6 Å². The summed E-state index contributed by atoms with van der Waals surface area (Å²) in [5.41, 5.74) is -0.420. The zero-order chi connectivity index (χ0) is 25.9. The van der Waals surface area contributed by atoms with Gasteiger partial charge in [0.15, 0.2) is 11.6 Å². The highest BCUT2D eigenvalue weighted by atomic mass is 19.4. The SMILES string of the molecule is FCCCC1CCC(C2(c3cc(F)c(-c4ccc(OC(F)(F)F)c(F)c4)c(F)c3)CCCCC2)CC1. The van der Waals surface area contributed by atoms with E-state index < -0.39 is 35.1 Å². The molecule has 198 valence electrons. The van der Waals surface area contributed by atoms with Gasteiger partial charge < -0.3 is 4.74 Å². The maximum atomic E-state index is 15.4. The molecule has 2 saturated carbocycles. The maximum absolute atomic E-state index is 15.4. The highest BCUT2D eigenvalue weighted by Gasteiger charge is 2.43.